The maximum Gasteiger partial charge on any atom is 0.325 e. The summed E-state index contributed by atoms with van der Waals surface area (Å²) in [6.07, 6.45) is 3.52. The topological polar surface area (TPSA) is 67.2 Å². The predicted molar refractivity (Wildman–Crippen MR) is 76.3 cm³/mol. The minimum absolute atomic E-state index is 0.292. The van der Waals surface area contributed by atoms with Crippen molar-refractivity contribution < 1.29 is 9.59 Å². The first-order valence-electron chi connectivity index (χ1n) is 6.78. The van der Waals surface area contributed by atoms with Gasteiger partial charge in [0.15, 0.2) is 0 Å². The van der Waals surface area contributed by atoms with Crippen LogP contribution in [0, 0.1) is 0 Å². The summed E-state index contributed by atoms with van der Waals surface area (Å²) < 4.78 is 1.74. The fourth-order valence-corrected chi connectivity index (χ4v) is 2.62. The molecule has 1 aliphatic rings. The van der Waals surface area contributed by atoms with Crippen LogP contribution in [-0.4, -0.2) is 33.2 Å². The van der Waals surface area contributed by atoms with Crippen LogP contribution in [0.4, 0.5) is 4.79 Å². The van der Waals surface area contributed by atoms with Crippen LogP contribution in [0.1, 0.15) is 12.5 Å². The van der Waals surface area contributed by atoms with E-state index >= 15 is 0 Å². The zero-order chi connectivity index (χ0) is 14.9. The number of amides is 3. The smallest absolute Gasteiger partial charge is 0.304 e. The second kappa shape index (κ2) is 5.05. The molecule has 3 amide bonds. The van der Waals surface area contributed by atoms with Gasteiger partial charge in [-0.05, 0) is 18.6 Å². The van der Waals surface area contributed by atoms with E-state index in [4.69, 9.17) is 0 Å². The fourth-order valence-electron chi connectivity index (χ4n) is 2.62. The Hall–Kier alpha value is -2.63. The number of carbonyl (C=O) groups is 2. The van der Waals surface area contributed by atoms with E-state index in [0.29, 0.717) is 13.1 Å². The van der Waals surface area contributed by atoms with E-state index in [9.17, 15) is 9.59 Å². The first-order chi connectivity index (χ1) is 10.1. The van der Waals surface area contributed by atoms with E-state index in [1.807, 2.05) is 42.6 Å². The molecule has 1 fully saturated rings. The monoisotopic (exact) mass is 284 g/mol. The predicted octanol–water partition coefficient (Wildman–Crippen LogP) is 1.35. The van der Waals surface area contributed by atoms with Crippen molar-refractivity contribution >= 4 is 11.9 Å². The molecule has 1 saturated heterocycles. The Bertz CT molecular complexity index is 654. The molecular weight excluding hydrogens is 268 g/mol. The molecule has 1 aromatic heterocycles. The maximum absolute atomic E-state index is 12.3. The van der Waals surface area contributed by atoms with E-state index in [2.05, 4.69) is 10.4 Å². The van der Waals surface area contributed by atoms with Crippen molar-refractivity contribution in [3.05, 3.63) is 54.4 Å². The third kappa shape index (κ3) is 2.18. The molecule has 0 saturated carbocycles. The largest absolute Gasteiger partial charge is 0.325 e. The molecule has 2 heterocycles. The van der Waals surface area contributed by atoms with Gasteiger partial charge in [0.05, 0.1) is 6.54 Å². The van der Waals surface area contributed by atoms with Crippen molar-refractivity contribution in [1.82, 2.24) is 20.0 Å². The van der Waals surface area contributed by atoms with Crippen LogP contribution in [0.2, 0.25) is 0 Å². The lowest BCUT2D eigenvalue weighted by molar-refractivity contribution is -0.126. The number of urea groups is 1. The summed E-state index contributed by atoms with van der Waals surface area (Å²) in [5.74, 6) is -0.292. The molecule has 3 rings (SSSR count). The molecule has 0 radical (unpaired) electrons. The lowest BCUT2D eigenvalue weighted by atomic mass is 9.90. The lowest BCUT2D eigenvalue weighted by Gasteiger charge is -2.32. The third-order valence-corrected chi connectivity index (χ3v) is 3.90. The van der Waals surface area contributed by atoms with Crippen LogP contribution < -0.4 is 5.32 Å². The Morgan fingerprint density at radius 2 is 1.90 bits per heavy atom. The second-order valence-corrected chi connectivity index (χ2v) is 5.12. The van der Waals surface area contributed by atoms with Crippen molar-refractivity contribution in [2.24, 2.45) is 0 Å². The highest BCUT2D eigenvalue weighted by Crippen LogP contribution is 2.32. The van der Waals surface area contributed by atoms with Gasteiger partial charge >= 0.3 is 6.03 Å². The highest BCUT2D eigenvalue weighted by atomic mass is 16.2. The van der Waals surface area contributed by atoms with Gasteiger partial charge < -0.3 is 4.90 Å². The van der Waals surface area contributed by atoms with E-state index < -0.39 is 5.54 Å². The molecule has 0 spiro atoms. The van der Waals surface area contributed by atoms with Gasteiger partial charge in [-0.15, -0.1) is 0 Å². The number of carbonyl (C=O) groups excluding carboxylic acids is 2. The van der Waals surface area contributed by atoms with Crippen molar-refractivity contribution in [2.45, 2.75) is 19.0 Å². The summed E-state index contributed by atoms with van der Waals surface area (Å²) >= 11 is 0. The Morgan fingerprint density at radius 3 is 2.57 bits per heavy atom. The number of aromatic nitrogens is 2. The molecule has 1 unspecified atom stereocenters. The summed E-state index contributed by atoms with van der Waals surface area (Å²) in [4.78, 5) is 25.9. The van der Waals surface area contributed by atoms with Crippen LogP contribution >= 0.6 is 0 Å². The molecule has 21 heavy (non-hydrogen) atoms. The number of nitrogens with zero attached hydrogens (tertiary/aromatic N) is 3. The molecule has 1 atom stereocenters. The number of imide groups is 1. The summed E-state index contributed by atoms with van der Waals surface area (Å²) in [5.41, 5.74) is -0.181. The maximum atomic E-state index is 12.3. The summed E-state index contributed by atoms with van der Waals surface area (Å²) in [6, 6.07) is 10.8. The average molecular weight is 284 g/mol. The molecular formula is C15H16N4O2. The Kier molecular flexibility index (Phi) is 3.21. The molecule has 0 bridgehead atoms. The zero-order valence-corrected chi connectivity index (χ0v) is 11.7. The second-order valence-electron chi connectivity index (χ2n) is 5.12. The highest BCUT2D eigenvalue weighted by Gasteiger charge is 2.50. The molecule has 2 aromatic rings. The molecule has 1 aromatic carbocycles. The lowest BCUT2D eigenvalue weighted by Crippen LogP contribution is -2.45. The van der Waals surface area contributed by atoms with E-state index in [1.54, 1.807) is 22.7 Å². The van der Waals surface area contributed by atoms with Crippen molar-refractivity contribution in [2.75, 3.05) is 6.54 Å². The quantitative estimate of drug-likeness (QED) is 0.862. The van der Waals surface area contributed by atoms with Gasteiger partial charge in [-0.1, -0.05) is 30.3 Å². The normalized spacial score (nSPS) is 21.7. The van der Waals surface area contributed by atoms with Gasteiger partial charge in [-0.25, -0.2) is 4.79 Å². The Morgan fingerprint density at radius 1 is 1.14 bits per heavy atom. The van der Waals surface area contributed by atoms with Gasteiger partial charge in [0.25, 0.3) is 5.91 Å². The van der Waals surface area contributed by atoms with Crippen LogP contribution in [0.3, 0.4) is 0 Å². The standard InChI is InChI=1S/C15H16N4O2/c1-15(12-6-3-2-4-7-12)13(20)17-14(21)19(15)11-10-18-9-5-8-16-18/h2-9H,10-11H2,1H3,(H,17,20,21). The molecule has 0 aliphatic carbocycles. The molecule has 6 nitrogen and oxygen atoms in total. The summed E-state index contributed by atoms with van der Waals surface area (Å²) in [5, 5.41) is 6.52. The number of nitrogens with one attached hydrogen (secondary N) is 1. The Labute approximate surface area is 122 Å². The molecule has 108 valence electrons. The number of hydrogen-bond acceptors (Lipinski definition) is 3. The van der Waals surface area contributed by atoms with Gasteiger partial charge in [0, 0.05) is 18.9 Å². The van der Waals surface area contributed by atoms with E-state index in [-0.39, 0.29) is 11.9 Å². The minimum atomic E-state index is -0.981. The van der Waals surface area contributed by atoms with Crippen molar-refractivity contribution in [3.8, 4) is 0 Å². The van der Waals surface area contributed by atoms with Gasteiger partial charge in [0.1, 0.15) is 5.54 Å². The van der Waals surface area contributed by atoms with Crippen LogP contribution in [-0.2, 0) is 16.9 Å². The molecule has 1 N–H and O–H groups in total. The van der Waals surface area contributed by atoms with Crippen molar-refractivity contribution in [3.63, 3.8) is 0 Å². The highest BCUT2D eigenvalue weighted by molar-refractivity contribution is 6.07. The first kappa shape index (κ1) is 13.4. The molecule has 6 heteroatoms. The number of rotatable bonds is 4. The van der Waals surface area contributed by atoms with Gasteiger partial charge in [-0.3, -0.25) is 14.8 Å². The minimum Gasteiger partial charge on any atom is -0.304 e. The Balaban J connectivity index is 1.89. The van der Waals surface area contributed by atoms with E-state index in [1.165, 1.54) is 0 Å². The van der Waals surface area contributed by atoms with Gasteiger partial charge in [0.2, 0.25) is 0 Å². The SMILES string of the molecule is CC1(c2ccccc2)C(=O)NC(=O)N1CCn1cccn1. The average Bonchev–Trinajstić information content (AvgIpc) is 3.07. The summed E-state index contributed by atoms with van der Waals surface area (Å²) in [6.45, 7) is 2.71. The van der Waals surface area contributed by atoms with Crippen molar-refractivity contribution in [1.29, 1.82) is 0 Å². The van der Waals surface area contributed by atoms with E-state index in [0.717, 1.165) is 5.56 Å². The first-order valence-corrected chi connectivity index (χ1v) is 6.78. The summed E-state index contributed by atoms with van der Waals surface area (Å²) in [7, 11) is 0. The fraction of sp³-hybridized carbons (Fsp3) is 0.267. The van der Waals surface area contributed by atoms with Crippen LogP contribution in [0.5, 0.6) is 0 Å². The van der Waals surface area contributed by atoms with Crippen LogP contribution in [0.15, 0.2) is 48.8 Å². The van der Waals surface area contributed by atoms with Gasteiger partial charge in [-0.2, -0.15) is 5.10 Å². The zero-order valence-electron chi connectivity index (χ0n) is 11.7. The number of hydrogen-bond donors (Lipinski definition) is 1. The third-order valence-electron chi connectivity index (χ3n) is 3.90. The molecule has 1 aliphatic heterocycles. The number of benzene rings is 1. The van der Waals surface area contributed by atoms with Crippen LogP contribution in [0.25, 0.3) is 0 Å².